The zero-order chi connectivity index (χ0) is 7.98. The molecule has 0 heterocycles. The maximum Gasteiger partial charge on any atom is 0.316 e. The Morgan fingerprint density at radius 2 is 2.40 bits per heavy atom. The fourth-order valence-corrected chi connectivity index (χ4v) is 0.577. The van der Waals surface area contributed by atoms with Crippen LogP contribution in [0.1, 0.15) is 6.42 Å². The predicted octanol–water partition coefficient (Wildman–Crippen LogP) is 0.834. The standard InChI is InChI=1S/C7H14N2O/c1-4-5-6-9(3)7(10)8-2/h4H,1,5-6H2,2-3H3,(H,8,10). The minimum Gasteiger partial charge on any atom is -0.341 e. The lowest BCUT2D eigenvalue weighted by Gasteiger charge is -2.14. The Morgan fingerprint density at radius 1 is 1.80 bits per heavy atom. The molecule has 0 spiro atoms. The highest BCUT2D eigenvalue weighted by Crippen LogP contribution is 1.87. The molecule has 0 fully saturated rings. The Bertz CT molecular complexity index is 123. The van der Waals surface area contributed by atoms with E-state index in [0.29, 0.717) is 0 Å². The minimum atomic E-state index is -0.0538. The van der Waals surface area contributed by atoms with Crippen LogP contribution < -0.4 is 5.32 Å². The highest BCUT2D eigenvalue weighted by Gasteiger charge is 2.01. The largest absolute Gasteiger partial charge is 0.341 e. The Balaban J connectivity index is 3.50. The van der Waals surface area contributed by atoms with E-state index in [-0.39, 0.29) is 6.03 Å². The van der Waals surface area contributed by atoms with E-state index in [0.717, 1.165) is 13.0 Å². The predicted molar refractivity (Wildman–Crippen MR) is 41.9 cm³/mol. The van der Waals surface area contributed by atoms with Crippen LogP contribution in [0.3, 0.4) is 0 Å². The molecule has 0 atom stereocenters. The Hall–Kier alpha value is -0.990. The number of nitrogens with zero attached hydrogens (tertiary/aromatic N) is 1. The van der Waals surface area contributed by atoms with Crippen molar-refractivity contribution in [1.82, 2.24) is 10.2 Å². The van der Waals surface area contributed by atoms with Crippen molar-refractivity contribution >= 4 is 6.03 Å². The molecule has 0 aliphatic heterocycles. The molecular formula is C7H14N2O. The Morgan fingerprint density at radius 3 is 2.80 bits per heavy atom. The number of urea groups is 1. The fraction of sp³-hybridized carbons (Fsp3) is 0.571. The van der Waals surface area contributed by atoms with Crippen molar-refractivity contribution in [3.8, 4) is 0 Å². The molecule has 0 rings (SSSR count). The van der Waals surface area contributed by atoms with Crippen LogP contribution in [-0.2, 0) is 0 Å². The van der Waals surface area contributed by atoms with Crippen LogP contribution in [-0.4, -0.2) is 31.6 Å². The van der Waals surface area contributed by atoms with Crippen LogP contribution in [0.5, 0.6) is 0 Å². The van der Waals surface area contributed by atoms with E-state index >= 15 is 0 Å². The average molecular weight is 142 g/mol. The molecule has 3 nitrogen and oxygen atoms in total. The molecule has 0 aliphatic rings. The highest BCUT2D eigenvalue weighted by atomic mass is 16.2. The van der Waals surface area contributed by atoms with E-state index < -0.39 is 0 Å². The summed E-state index contributed by atoms with van der Waals surface area (Å²) in [6, 6.07) is -0.0538. The van der Waals surface area contributed by atoms with Crippen molar-refractivity contribution < 1.29 is 4.79 Å². The molecule has 3 heteroatoms. The van der Waals surface area contributed by atoms with Gasteiger partial charge in [-0.3, -0.25) is 0 Å². The zero-order valence-electron chi connectivity index (χ0n) is 6.55. The van der Waals surface area contributed by atoms with Gasteiger partial charge in [0.2, 0.25) is 0 Å². The number of nitrogens with one attached hydrogen (secondary N) is 1. The number of amides is 2. The fourth-order valence-electron chi connectivity index (χ4n) is 0.577. The quantitative estimate of drug-likeness (QED) is 0.582. The second-order valence-corrected chi connectivity index (χ2v) is 2.05. The summed E-state index contributed by atoms with van der Waals surface area (Å²) in [6.07, 6.45) is 2.63. The van der Waals surface area contributed by atoms with Crippen LogP contribution in [0.25, 0.3) is 0 Å². The van der Waals surface area contributed by atoms with Gasteiger partial charge in [-0.2, -0.15) is 0 Å². The third-order valence-corrected chi connectivity index (χ3v) is 1.23. The van der Waals surface area contributed by atoms with Crippen LogP contribution in [0.4, 0.5) is 4.79 Å². The molecule has 0 aromatic carbocycles. The van der Waals surface area contributed by atoms with Crippen molar-refractivity contribution in [2.24, 2.45) is 0 Å². The first kappa shape index (κ1) is 9.01. The molecule has 0 bridgehead atoms. The molecule has 0 aromatic heterocycles. The third-order valence-electron chi connectivity index (χ3n) is 1.23. The molecule has 58 valence electrons. The summed E-state index contributed by atoms with van der Waals surface area (Å²) in [5.74, 6) is 0. The maximum atomic E-state index is 10.8. The molecule has 1 N–H and O–H groups in total. The summed E-state index contributed by atoms with van der Waals surface area (Å²) >= 11 is 0. The average Bonchev–Trinajstić information content (AvgIpc) is 1.98. The first-order valence-corrected chi connectivity index (χ1v) is 3.26. The van der Waals surface area contributed by atoms with Crippen molar-refractivity contribution in [1.29, 1.82) is 0 Å². The van der Waals surface area contributed by atoms with Crippen LogP contribution in [0.2, 0.25) is 0 Å². The minimum absolute atomic E-state index is 0.0538. The van der Waals surface area contributed by atoms with Crippen LogP contribution in [0, 0.1) is 0 Å². The highest BCUT2D eigenvalue weighted by molar-refractivity contribution is 5.73. The summed E-state index contributed by atoms with van der Waals surface area (Å²) < 4.78 is 0. The Kier molecular flexibility index (Phi) is 4.37. The topological polar surface area (TPSA) is 32.3 Å². The van der Waals surface area contributed by atoms with Gasteiger partial charge < -0.3 is 10.2 Å². The molecule has 10 heavy (non-hydrogen) atoms. The van der Waals surface area contributed by atoms with E-state index in [4.69, 9.17) is 0 Å². The summed E-state index contributed by atoms with van der Waals surface area (Å²) in [4.78, 5) is 12.4. The van der Waals surface area contributed by atoms with Crippen molar-refractivity contribution in [3.05, 3.63) is 12.7 Å². The summed E-state index contributed by atoms with van der Waals surface area (Å²) in [5, 5.41) is 2.53. The SMILES string of the molecule is C=CCCN(C)C(=O)NC. The van der Waals surface area contributed by atoms with Gasteiger partial charge >= 0.3 is 6.03 Å². The third kappa shape index (κ3) is 3.12. The normalized spacial score (nSPS) is 8.60. The zero-order valence-corrected chi connectivity index (χ0v) is 6.55. The number of rotatable bonds is 3. The monoisotopic (exact) mass is 142 g/mol. The molecule has 0 aliphatic carbocycles. The lowest BCUT2D eigenvalue weighted by atomic mass is 10.4. The van der Waals surface area contributed by atoms with Gasteiger partial charge in [0.25, 0.3) is 0 Å². The first-order chi connectivity index (χ1) is 4.72. The van der Waals surface area contributed by atoms with Gasteiger partial charge in [0, 0.05) is 20.6 Å². The summed E-state index contributed by atoms with van der Waals surface area (Å²) in [5.41, 5.74) is 0. The summed E-state index contributed by atoms with van der Waals surface area (Å²) in [6.45, 7) is 4.28. The molecule has 0 aromatic rings. The van der Waals surface area contributed by atoms with Crippen molar-refractivity contribution in [2.45, 2.75) is 6.42 Å². The second kappa shape index (κ2) is 4.85. The van der Waals surface area contributed by atoms with Crippen molar-refractivity contribution in [2.75, 3.05) is 20.6 Å². The van der Waals surface area contributed by atoms with Gasteiger partial charge in [0.15, 0.2) is 0 Å². The van der Waals surface area contributed by atoms with Gasteiger partial charge in [-0.1, -0.05) is 6.08 Å². The van der Waals surface area contributed by atoms with Gasteiger partial charge in [-0.05, 0) is 6.42 Å². The number of hydrogen-bond acceptors (Lipinski definition) is 1. The van der Waals surface area contributed by atoms with Crippen LogP contribution >= 0.6 is 0 Å². The van der Waals surface area contributed by atoms with Gasteiger partial charge in [-0.25, -0.2) is 4.79 Å². The Labute approximate surface area is 61.7 Å². The van der Waals surface area contributed by atoms with E-state index in [1.54, 1.807) is 25.1 Å². The molecule has 0 unspecified atom stereocenters. The second-order valence-electron chi connectivity index (χ2n) is 2.05. The van der Waals surface area contributed by atoms with Gasteiger partial charge in [0.1, 0.15) is 0 Å². The molecule has 0 radical (unpaired) electrons. The van der Waals surface area contributed by atoms with Gasteiger partial charge in [-0.15, -0.1) is 6.58 Å². The molecular weight excluding hydrogens is 128 g/mol. The van der Waals surface area contributed by atoms with E-state index in [9.17, 15) is 4.79 Å². The molecule has 0 saturated heterocycles. The van der Waals surface area contributed by atoms with E-state index in [1.807, 2.05) is 0 Å². The number of carbonyl (C=O) groups is 1. The van der Waals surface area contributed by atoms with Gasteiger partial charge in [0.05, 0.1) is 0 Å². The smallest absolute Gasteiger partial charge is 0.316 e. The maximum absolute atomic E-state index is 10.8. The van der Waals surface area contributed by atoms with E-state index in [2.05, 4.69) is 11.9 Å². The van der Waals surface area contributed by atoms with Crippen molar-refractivity contribution in [3.63, 3.8) is 0 Å². The number of carbonyl (C=O) groups excluding carboxylic acids is 1. The molecule has 0 saturated carbocycles. The first-order valence-electron chi connectivity index (χ1n) is 3.26. The lowest BCUT2D eigenvalue weighted by molar-refractivity contribution is 0.212. The van der Waals surface area contributed by atoms with Crippen LogP contribution in [0.15, 0.2) is 12.7 Å². The lowest BCUT2D eigenvalue weighted by Crippen LogP contribution is -2.35. The molecule has 2 amide bonds. The number of hydrogen-bond donors (Lipinski definition) is 1. The summed E-state index contributed by atoms with van der Waals surface area (Å²) in [7, 11) is 3.37. The van der Waals surface area contributed by atoms with E-state index in [1.165, 1.54) is 0 Å².